The molecule has 1 aliphatic rings. The summed E-state index contributed by atoms with van der Waals surface area (Å²) < 4.78 is 0. The van der Waals surface area contributed by atoms with Gasteiger partial charge in [0.2, 0.25) is 5.91 Å². The second kappa shape index (κ2) is 5.35. The first-order chi connectivity index (χ1) is 6.69. The molecule has 0 bridgehead atoms. The standard InChI is InChI=1S/C11H22N2O/c1-4-10(5-2)13(3)11(14)6-9-7-12-8-9/h9-10,12H,4-8H2,1-3H3. The molecular formula is C11H22N2O. The van der Waals surface area contributed by atoms with E-state index < -0.39 is 0 Å². The summed E-state index contributed by atoms with van der Waals surface area (Å²) in [5.41, 5.74) is 0. The highest BCUT2D eigenvalue weighted by Gasteiger charge is 2.24. The highest BCUT2D eigenvalue weighted by atomic mass is 16.2. The van der Waals surface area contributed by atoms with E-state index in [1.807, 2.05) is 11.9 Å². The largest absolute Gasteiger partial charge is 0.343 e. The minimum Gasteiger partial charge on any atom is -0.343 e. The van der Waals surface area contributed by atoms with E-state index in [1.165, 1.54) is 0 Å². The van der Waals surface area contributed by atoms with Gasteiger partial charge in [-0.1, -0.05) is 13.8 Å². The maximum atomic E-state index is 11.8. The molecule has 1 heterocycles. The zero-order chi connectivity index (χ0) is 10.6. The molecule has 82 valence electrons. The lowest BCUT2D eigenvalue weighted by Crippen LogP contribution is -2.46. The van der Waals surface area contributed by atoms with Crippen LogP contribution in [-0.4, -0.2) is 37.0 Å². The third kappa shape index (κ3) is 2.71. The van der Waals surface area contributed by atoms with E-state index in [4.69, 9.17) is 0 Å². The van der Waals surface area contributed by atoms with Crippen LogP contribution >= 0.6 is 0 Å². The first kappa shape index (κ1) is 11.5. The maximum Gasteiger partial charge on any atom is 0.222 e. The van der Waals surface area contributed by atoms with Crippen LogP contribution in [0.25, 0.3) is 0 Å². The van der Waals surface area contributed by atoms with Gasteiger partial charge in [-0.2, -0.15) is 0 Å². The molecule has 1 N–H and O–H groups in total. The number of carbonyl (C=O) groups excluding carboxylic acids is 1. The number of carbonyl (C=O) groups is 1. The Morgan fingerprint density at radius 1 is 1.43 bits per heavy atom. The molecule has 0 aliphatic carbocycles. The smallest absolute Gasteiger partial charge is 0.222 e. The highest BCUT2D eigenvalue weighted by molar-refractivity contribution is 5.76. The molecule has 0 saturated carbocycles. The van der Waals surface area contributed by atoms with E-state index in [2.05, 4.69) is 19.2 Å². The molecule has 1 saturated heterocycles. The maximum absolute atomic E-state index is 11.8. The molecule has 1 rings (SSSR count). The van der Waals surface area contributed by atoms with Crippen molar-refractivity contribution < 1.29 is 4.79 Å². The Hall–Kier alpha value is -0.570. The van der Waals surface area contributed by atoms with E-state index in [-0.39, 0.29) is 0 Å². The Morgan fingerprint density at radius 3 is 2.36 bits per heavy atom. The van der Waals surface area contributed by atoms with Crippen molar-refractivity contribution in [1.82, 2.24) is 10.2 Å². The van der Waals surface area contributed by atoms with Gasteiger partial charge in [0.1, 0.15) is 0 Å². The summed E-state index contributed by atoms with van der Waals surface area (Å²) in [6.07, 6.45) is 2.84. The predicted molar refractivity (Wildman–Crippen MR) is 58.1 cm³/mol. The average molecular weight is 198 g/mol. The minimum atomic E-state index is 0.310. The lowest BCUT2D eigenvalue weighted by Gasteiger charge is -2.31. The van der Waals surface area contributed by atoms with Crippen molar-refractivity contribution in [3.63, 3.8) is 0 Å². The molecular weight excluding hydrogens is 176 g/mol. The first-order valence-electron chi connectivity index (χ1n) is 5.65. The summed E-state index contributed by atoms with van der Waals surface area (Å²) >= 11 is 0. The van der Waals surface area contributed by atoms with Gasteiger partial charge in [-0.3, -0.25) is 4.79 Å². The fraction of sp³-hybridized carbons (Fsp3) is 0.909. The monoisotopic (exact) mass is 198 g/mol. The van der Waals surface area contributed by atoms with Gasteiger partial charge in [-0.25, -0.2) is 0 Å². The zero-order valence-corrected chi connectivity index (χ0v) is 9.55. The van der Waals surface area contributed by atoms with Crippen LogP contribution in [-0.2, 0) is 4.79 Å². The van der Waals surface area contributed by atoms with Gasteiger partial charge in [0.05, 0.1) is 0 Å². The minimum absolute atomic E-state index is 0.310. The number of rotatable bonds is 5. The van der Waals surface area contributed by atoms with Crippen LogP contribution in [0.2, 0.25) is 0 Å². The molecule has 0 aromatic heterocycles. The second-order valence-corrected chi connectivity index (χ2v) is 4.20. The molecule has 14 heavy (non-hydrogen) atoms. The van der Waals surface area contributed by atoms with E-state index in [1.54, 1.807) is 0 Å². The molecule has 3 heteroatoms. The summed E-state index contributed by atoms with van der Waals surface area (Å²) in [7, 11) is 1.94. The number of hydrogen-bond donors (Lipinski definition) is 1. The van der Waals surface area contributed by atoms with Gasteiger partial charge in [0.15, 0.2) is 0 Å². The molecule has 0 radical (unpaired) electrons. The van der Waals surface area contributed by atoms with Gasteiger partial charge in [-0.05, 0) is 31.8 Å². The van der Waals surface area contributed by atoms with Crippen LogP contribution in [0.5, 0.6) is 0 Å². The van der Waals surface area contributed by atoms with Crippen molar-refractivity contribution in [1.29, 1.82) is 0 Å². The lowest BCUT2D eigenvalue weighted by molar-refractivity contribution is -0.133. The van der Waals surface area contributed by atoms with Crippen LogP contribution < -0.4 is 5.32 Å². The number of amides is 1. The van der Waals surface area contributed by atoms with Crippen LogP contribution in [0.15, 0.2) is 0 Å². The normalized spacial score (nSPS) is 16.9. The fourth-order valence-electron chi connectivity index (χ4n) is 1.92. The SMILES string of the molecule is CCC(CC)N(C)C(=O)CC1CNC1. The van der Waals surface area contributed by atoms with Crippen LogP contribution in [0, 0.1) is 5.92 Å². The van der Waals surface area contributed by atoms with E-state index in [0.29, 0.717) is 17.9 Å². The van der Waals surface area contributed by atoms with E-state index >= 15 is 0 Å². The van der Waals surface area contributed by atoms with Gasteiger partial charge in [-0.15, -0.1) is 0 Å². The molecule has 0 spiro atoms. The Morgan fingerprint density at radius 2 is 2.00 bits per heavy atom. The van der Waals surface area contributed by atoms with Crippen molar-refractivity contribution in [2.24, 2.45) is 5.92 Å². The Labute approximate surface area is 86.9 Å². The van der Waals surface area contributed by atoms with Gasteiger partial charge in [0.25, 0.3) is 0 Å². The molecule has 0 aromatic carbocycles. The molecule has 0 atom stereocenters. The molecule has 0 unspecified atom stereocenters. The van der Waals surface area contributed by atoms with Crippen molar-refractivity contribution in [3.05, 3.63) is 0 Å². The third-order valence-corrected chi connectivity index (χ3v) is 3.21. The number of nitrogens with one attached hydrogen (secondary N) is 1. The van der Waals surface area contributed by atoms with Crippen molar-refractivity contribution in [2.45, 2.75) is 39.2 Å². The van der Waals surface area contributed by atoms with Crippen LogP contribution in [0.1, 0.15) is 33.1 Å². The molecule has 1 fully saturated rings. The molecule has 1 aliphatic heterocycles. The van der Waals surface area contributed by atoms with E-state index in [0.717, 1.165) is 32.4 Å². The Bertz CT molecular complexity index is 186. The van der Waals surface area contributed by atoms with Crippen LogP contribution in [0.3, 0.4) is 0 Å². The van der Waals surface area contributed by atoms with Crippen molar-refractivity contribution in [3.8, 4) is 0 Å². The molecule has 3 nitrogen and oxygen atoms in total. The lowest BCUT2D eigenvalue weighted by atomic mass is 9.98. The second-order valence-electron chi connectivity index (χ2n) is 4.20. The zero-order valence-electron chi connectivity index (χ0n) is 9.55. The summed E-state index contributed by atoms with van der Waals surface area (Å²) in [6, 6.07) is 0.426. The first-order valence-corrected chi connectivity index (χ1v) is 5.65. The summed E-state index contributed by atoms with van der Waals surface area (Å²) in [4.78, 5) is 13.7. The number of nitrogens with zero attached hydrogens (tertiary/aromatic N) is 1. The highest BCUT2D eigenvalue weighted by Crippen LogP contribution is 2.13. The van der Waals surface area contributed by atoms with Gasteiger partial charge in [0, 0.05) is 19.5 Å². The third-order valence-electron chi connectivity index (χ3n) is 3.21. The topological polar surface area (TPSA) is 32.3 Å². The quantitative estimate of drug-likeness (QED) is 0.721. The fourth-order valence-corrected chi connectivity index (χ4v) is 1.92. The van der Waals surface area contributed by atoms with Gasteiger partial charge >= 0.3 is 0 Å². The number of hydrogen-bond acceptors (Lipinski definition) is 2. The Balaban J connectivity index is 2.33. The van der Waals surface area contributed by atoms with E-state index in [9.17, 15) is 4.79 Å². The summed E-state index contributed by atoms with van der Waals surface area (Å²) in [5, 5.41) is 3.19. The average Bonchev–Trinajstić information content (AvgIpc) is 2.12. The predicted octanol–water partition coefficient (Wildman–Crippen LogP) is 1.24. The summed E-state index contributed by atoms with van der Waals surface area (Å²) in [6.45, 7) is 6.32. The van der Waals surface area contributed by atoms with Gasteiger partial charge < -0.3 is 10.2 Å². The van der Waals surface area contributed by atoms with Crippen molar-refractivity contribution >= 4 is 5.91 Å². The Kier molecular flexibility index (Phi) is 4.39. The van der Waals surface area contributed by atoms with Crippen molar-refractivity contribution in [2.75, 3.05) is 20.1 Å². The molecule has 0 aromatic rings. The molecule has 1 amide bonds. The van der Waals surface area contributed by atoms with Crippen LogP contribution in [0.4, 0.5) is 0 Å². The summed E-state index contributed by atoms with van der Waals surface area (Å²) in [5.74, 6) is 0.893.